The number of carbonyl (C=O) groups excluding carboxylic acids is 1. The van der Waals surface area contributed by atoms with Gasteiger partial charge < -0.3 is 10.4 Å². The lowest BCUT2D eigenvalue weighted by atomic mass is 10.1. The van der Waals surface area contributed by atoms with Crippen molar-refractivity contribution in [1.82, 2.24) is 5.32 Å². The highest BCUT2D eigenvalue weighted by atomic mass is 19.1. The predicted molar refractivity (Wildman–Crippen MR) is 61.6 cm³/mol. The van der Waals surface area contributed by atoms with E-state index in [2.05, 4.69) is 5.32 Å². The molecule has 98 valence electrons. The van der Waals surface area contributed by atoms with Crippen LogP contribution in [-0.4, -0.2) is 29.1 Å². The molecule has 0 spiro atoms. The molecule has 0 aromatic heterocycles. The van der Waals surface area contributed by atoms with Crippen LogP contribution in [0, 0.1) is 21.8 Å². The van der Waals surface area contributed by atoms with Crippen LogP contribution in [0.25, 0.3) is 0 Å². The zero-order valence-electron chi connectivity index (χ0n) is 9.72. The van der Waals surface area contributed by atoms with Crippen molar-refractivity contribution >= 4 is 11.6 Å². The van der Waals surface area contributed by atoms with E-state index in [1.54, 1.807) is 6.92 Å². The van der Waals surface area contributed by atoms with E-state index in [9.17, 15) is 19.3 Å². The van der Waals surface area contributed by atoms with Gasteiger partial charge >= 0.3 is 0 Å². The van der Waals surface area contributed by atoms with Gasteiger partial charge in [0.2, 0.25) is 0 Å². The summed E-state index contributed by atoms with van der Waals surface area (Å²) in [6, 6.07) is 2.75. The molecule has 0 radical (unpaired) electrons. The van der Waals surface area contributed by atoms with Gasteiger partial charge in [0.1, 0.15) is 5.82 Å². The summed E-state index contributed by atoms with van der Waals surface area (Å²) < 4.78 is 13.4. The van der Waals surface area contributed by atoms with Crippen LogP contribution >= 0.6 is 0 Å². The molecule has 1 atom stereocenters. The van der Waals surface area contributed by atoms with Gasteiger partial charge in [-0.25, -0.2) is 4.39 Å². The van der Waals surface area contributed by atoms with E-state index in [0.717, 1.165) is 18.2 Å². The van der Waals surface area contributed by atoms with E-state index in [4.69, 9.17) is 5.11 Å². The molecule has 2 N–H and O–H groups in total. The average molecular weight is 256 g/mol. The molecule has 1 aromatic carbocycles. The minimum absolute atomic E-state index is 0.113. The van der Waals surface area contributed by atoms with Crippen molar-refractivity contribution in [2.45, 2.75) is 6.92 Å². The molecule has 0 aliphatic heterocycles. The zero-order valence-corrected chi connectivity index (χ0v) is 9.72. The van der Waals surface area contributed by atoms with Gasteiger partial charge in [-0.15, -0.1) is 0 Å². The summed E-state index contributed by atoms with van der Waals surface area (Å²) in [5, 5.41) is 21.7. The predicted octanol–water partition coefficient (Wildman–Crippen LogP) is 1.09. The Morgan fingerprint density at radius 2 is 2.28 bits per heavy atom. The molecule has 1 unspecified atom stereocenters. The van der Waals surface area contributed by atoms with Gasteiger partial charge in [0.25, 0.3) is 11.6 Å². The van der Waals surface area contributed by atoms with Crippen molar-refractivity contribution in [2.75, 3.05) is 13.2 Å². The van der Waals surface area contributed by atoms with Crippen LogP contribution in [0.1, 0.15) is 17.3 Å². The molecule has 1 amide bonds. The number of hydrogen-bond acceptors (Lipinski definition) is 4. The van der Waals surface area contributed by atoms with E-state index >= 15 is 0 Å². The number of carbonyl (C=O) groups is 1. The monoisotopic (exact) mass is 256 g/mol. The van der Waals surface area contributed by atoms with Gasteiger partial charge in [0.05, 0.1) is 10.5 Å². The topological polar surface area (TPSA) is 92.5 Å². The molecular formula is C11H13FN2O4. The molecule has 0 bridgehead atoms. The summed E-state index contributed by atoms with van der Waals surface area (Å²) in [6.45, 7) is 1.75. The van der Waals surface area contributed by atoms with Gasteiger partial charge in [-0.2, -0.15) is 0 Å². The van der Waals surface area contributed by atoms with Crippen molar-refractivity contribution in [1.29, 1.82) is 0 Å². The first-order valence-corrected chi connectivity index (χ1v) is 5.28. The molecule has 0 aliphatic rings. The molecule has 0 saturated carbocycles. The maximum Gasteiger partial charge on any atom is 0.270 e. The van der Waals surface area contributed by atoms with E-state index in [1.807, 2.05) is 0 Å². The third-order valence-corrected chi connectivity index (χ3v) is 2.33. The Hall–Kier alpha value is -2.02. The molecule has 0 saturated heterocycles. The van der Waals surface area contributed by atoms with E-state index in [1.165, 1.54) is 0 Å². The summed E-state index contributed by atoms with van der Waals surface area (Å²) in [7, 11) is 0. The number of aliphatic hydroxyl groups excluding tert-OH is 1. The van der Waals surface area contributed by atoms with Crippen LogP contribution in [-0.2, 0) is 0 Å². The SMILES string of the molecule is CC(CO)CNC(=O)c1cc([N+](=O)[O-])ccc1F. The molecule has 0 fully saturated rings. The van der Waals surface area contributed by atoms with Crippen LogP contribution in [0.2, 0.25) is 0 Å². The Bertz CT molecular complexity index is 464. The Morgan fingerprint density at radius 3 is 2.83 bits per heavy atom. The van der Waals surface area contributed by atoms with Gasteiger partial charge in [0, 0.05) is 25.3 Å². The van der Waals surface area contributed by atoms with E-state index in [-0.39, 0.29) is 30.3 Å². The van der Waals surface area contributed by atoms with Gasteiger partial charge in [-0.1, -0.05) is 6.92 Å². The third kappa shape index (κ3) is 3.49. The molecule has 1 rings (SSSR count). The Morgan fingerprint density at radius 1 is 1.61 bits per heavy atom. The zero-order chi connectivity index (χ0) is 13.7. The summed E-state index contributed by atoms with van der Waals surface area (Å²) in [6.07, 6.45) is 0. The largest absolute Gasteiger partial charge is 0.396 e. The van der Waals surface area contributed by atoms with Crippen molar-refractivity contribution in [3.05, 3.63) is 39.7 Å². The van der Waals surface area contributed by atoms with Crippen molar-refractivity contribution in [3.8, 4) is 0 Å². The first kappa shape index (κ1) is 14.0. The second-order valence-electron chi connectivity index (χ2n) is 3.92. The van der Waals surface area contributed by atoms with Gasteiger partial charge in [-0.3, -0.25) is 14.9 Å². The van der Waals surface area contributed by atoms with E-state index in [0.29, 0.717) is 0 Å². The van der Waals surface area contributed by atoms with Crippen molar-refractivity contribution in [2.24, 2.45) is 5.92 Å². The summed E-state index contributed by atoms with van der Waals surface area (Å²) >= 11 is 0. The molecule has 18 heavy (non-hydrogen) atoms. The Labute approximate surface area is 103 Å². The van der Waals surface area contributed by atoms with Crippen LogP contribution in [0.3, 0.4) is 0 Å². The third-order valence-electron chi connectivity index (χ3n) is 2.33. The number of nitro benzene ring substituents is 1. The second kappa shape index (κ2) is 6.06. The van der Waals surface area contributed by atoms with E-state index < -0.39 is 16.6 Å². The highest BCUT2D eigenvalue weighted by Gasteiger charge is 2.17. The van der Waals surface area contributed by atoms with Crippen LogP contribution in [0.15, 0.2) is 18.2 Å². The molecule has 1 aromatic rings. The Kier molecular flexibility index (Phi) is 4.73. The number of benzene rings is 1. The molecule has 7 heteroatoms. The Balaban J connectivity index is 2.84. The van der Waals surface area contributed by atoms with Crippen LogP contribution < -0.4 is 5.32 Å². The van der Waals surface area contributed by atoms with Crippen LogP contribution in [0.5, 0.6) is 0 Å². The highest BCUT2D eigenvalue weighted by Crippen LogP contribution is 2.16. The fraction of sp³-hybridized carbons (Fsp3) is 0.364. The maximum atomic E-state index is 13.4. The summed E-state index contributed by atoms with van der Waals surface area (Å²) in [5.41, 5.74) is -0.730. The fourth-order valence-corrected chi connectivity index (χ4v) is 1.23. The number of non-ortho nitro benzene ring substituents is 1. The summed E-state index contributed by atoms with van der Waals surface area (Å²) in [5.74, 6) is -1.73. The molecular weight excluding hydrogens is 243 g/mol. The van der Waals surface area contributed by atoms with Crippen LogP contribution in [0.4, 0.5) is 10.1 Å². The molecule has 0 heterocycles. The minimum Gasteiger partial charge on any atom is -0.396 e. The first-order valence-electron chi connectivity index (χ1n) is 5.28. The number of halogens is 1. The molecule has 6 nitrogen and oxygen atoms in total. The lowest BCUT2D eigenvalue weighted by molar-refractivity contribution is -0.384. The normalized spacial score (nSPS) is 11.9. The first-order chi connectivity index (χ1) is 8.45. The lowest BCUT2D eigenvalue weighted by Gasteiger charge is -2.09. The number of rotatable bonds is 5. The van der Waals surface area contributed by atoms with Crippen molar-refractivity contribution in [3.63, 3.8) is 0 Å². The highest BCUT2D eigenvalue weighted by molar-refractivity contribution is 5.95. The molecule has 0 aliphatic carbocycles. The maximum absolute atomic E-state index is 13.4. The summed E-state index contributed by atoms with van der Waals surface area (Å²) in [4.78, 5) is 21.4. The standard InChI is InChI=1S/C11H13FN2O4/c1-7(6-15)5-13-11(16)9-4-8(14(17)18)2-3-10(9)12/h2-4,7,15H,5-6H2,1H3,(H,13,16). The van der Waals surface area contributed by atoms with Gasteiger partial charge in [-0.05, 0) is 12.0 Å². The second-order valence-corrected chi connectivity index (χ2v) is 3.92. The average Bonchev–Trinajstić information content (AvgIpc) is 2.35. The number of hydrogen-bond donors (Lipinski definition) is 2. The number of nitrogens with zero attached hydrogens (tertiary/aromatic N) is 1. The quantitative estimate of drug-likeness (QED) is 0.609. The number of amides is 1. The number of nitro groups is 1. The number of aliphatic hydroxyl groups is 1. The van der Waals surface area contributed by atoms with Gasteiger partial charge in [0.15, 0.2) is 0 Å². The smallest absolute Gasteiger partial charge is 0.270 e. The van der Waals surface area contributed by atoms with Crippen molar-refractivity contribution < 1.29 is 19.2 Å². The number of nitrogens with one attached hydrogen (secondary N) is 1. The fourth-order valence-electron chi connectivity index (χ4n) is 1.23. The lowest BCUT2D eigenvalue weighted by Crippen LogP contribution is -2.30. The minimum atomic E-state index is -0.824.